The minimum atomic E-state index is -0.556. The summed E-state index contributed by atoms with van der Waals surface area (Å²) in [5.74, 6) is -0.786. The Hall–Kier alpha value is -1.39. The molecule has 0 aromatic heterocycles. The van der Waals surface area contributed by atoms with E-state index in [2.05, 4.69) is 16.8 Å². The molecular weight excluding hydrogens is 243 g/mol. The van der Waals surface area contributed by atoms with Crippen molar-refractivity contribution in [3.63, 3.8) is 0 Å². The first-order valence-electron chi connectivity index (χ1n) is 6.66. The fourth-order valence-electron chi connectivity index (χ4n) is 2.56. The number of phenols is 1. The van der Waals surface area contributed by atoms with Crippen molar-refractivity contribution in [3.05, 3.63) is 41.7 Å². The zero-order valence-corrected chi connectivity index (χ0v) is 11.3. The molecule has 1 fully saturated rings. The molecule has 0 radical (unpaired) electrons. The Balaban J connectivity index is 2.30. The van der Waals surface area contributed by atoms with Crippen molar-refractivity contribution in [3.8, 4) is 5.75 Å². The molecule has 2 N–H and O–H groups in total. The maximum absolute atomic E-state index is 13.5. The molecule has 0 unspecified atom stereocenters. The topological polar surface area (TPSA) is 35.5 Å². The number of phenolic OH excluding ortho intramolecular Hbond substituents is 1. The van der Waals surface area contributed by atoms with Crippen LogP contribution in [0.4, 0.5) is 4.39 Å². The predicted molar refractivity (Wildman–Crippen MR) is 74.7 cm³/mol. The zero-order chi connectivity index (χ0) is 13.8. The lowest BCUT2D eigenvalue weighted by Gasteiger charge is -2.35. The van der Waals surface area contributed by atoms with Crippen LogP contribution in [0.2, 0.25) is 0 Å². The Kier molecular flexibility index (Phi) is 4.56. The number of hydrogen-bond acceptors (Lipinski definition) is 3. The molecule has 1 saturated heterocycles. The molecule has 3 nitrogen and oxygen atoms in total. The third-order valence-electron chi connectivity index (χ3n) is 3.51. The van der Waals surface area contributed by atoms with Crippen LogP contribution in [0.5, 0.6) is 5.75 Å². The summed E-state index contributed by atoms with van der Waals surface area (Å²) >= 11 is 0. The molecule has 0 bridgehead atoms. The van der Waals surface area contributed by atoms with Crippen LogP contribution in [0.15, 0.2) is 30.4 Å². The van der Waals surface area contributed by atoms with E-state index in [9.17, 15) is 9.50 Å². The highest BCUT2D eigenvalue weighted by atomic mass is 19.1. The highest BCUT2D eigenvalue weighted by Crippen LogP contribution is 2.34. The van der Waals surface area contributed by atoms with Gasteiger partial charge in [0.05, 0.1) is 0 Å². The number of hydrogen-bond donors (Lipinski definition) is 2. The molecule has 0 aliphatic carbocycles. The fraction of sp³-hybridized carbons (Fsp3) is 0.467. The standard InChI is InChI=1S/C15H21FN2O/c1-11(2)10-14(18-8-6-17-7-9-18)12-4-3-5-13(16)15(12)19/h3-5,14,17,19H,1,6-10H2,2H3/t14-/m0/s1. The summed E-state index contributed by atoms with van der Waals surface area (Å²) in [6.07, 6.45) is 0.733. The van der Waals surface area contributed by atoms with E-state index < -0.39 is 5.82 Å². The first-order chi connectivity index (χ1) is 9.09. The minimum absolute atomic E-state index is 0.00435. The van der Waals surface area contributed by atoms with E-state index in [0.717, 1.165) is 38.2 Å². The van der Waals surface area contributed by atoms with E-state index in [-0.39, 0.29) is 11.8 Å². The van der Waals surface area contributed by atoms with Crippen LogP contribution in [-0.2, 0) is 0 Å². The number of para-hydroxylation sites is 1. The molecule has 19 heavy (non-hydrogen) atoms. The number of piperazine rings is 1. The molecule has 104 valence electrons. The Morgan fingerprint density at radius 1 is 1.47 bits per heavy atom. The fourth-order valence-corrected chi connectivity index (χ4v) is 2.56. The molecular formula is C15H21FN2O. The van der Waals surface area contributed by atoms with Gasteiger partial charge in [0.2, 0.25) is 0 Å². The number of aromatic hydroxyl groups is 1. The van der Waals surface area contributed by atoms with Gasteiger partial charge < -0.3 is 10.4 Å². The SMILES string of the molecule is C=C(C)C[C@@H](c1cccc(F)c1O)N1CCNCC1. The Bertz CT molecular complexity index is 455. The smallest absolute Gasteiger partial charge is 0.165 e. The van der Waals surface area contributed by atoms with E-state index in [1.807, 2.05) is 6.92 Å². The summed E-state index contributed by atoms with van der Waals surface area (Å²) in [6, 6.07) is 4.73. The van der Waals surface area contributed by atoms with Crippen molar-refractivity contribution in [2.75, 3.05) is 26.2 Å². The molecule has 1 aromatic carbocycles. The van der Waals surface area contributed by atoms with Crippen LogP contribution < -0.4 is 5.32 Å². The van der Waals surface area contributed by atoms with Crippen molar-refractivity contribution in [2.45, 2.75) is 19.4 Å². The van der Waals surface area contributed by atoms with Gasteiger partial charge in [-0.2, -0.15) is 0 Å². The summed E-state index contributed by atoms with van der Waals surface area (Å²) in [6.45, 7) is 9.55. The highest BCUT2D eigenvalue weighted by Gasteiger charge is 2.25. The summed E-state index contributed by atoms with van der Waals surface area (Å²) in [7, 11) is 0. The van der Waals surface area contributed by atoms with Crippen LogP contribution >= 0.6 is 0 Å². The van der Waals surface area contributed by atoms with Gasteiger partial charge in [-0.15, -0.1) is 6.58 Å². The lowest BCUT2D eigenvalue weighted by atomic mass is 9.97. The molecule has 1 aliphatic rings. The van der Waals surface area contributed by atoms with E-state index in [4.69, 9.17) is 0 Å². The van der Waals surface area contributed by atoms with Crippen molar-refractivity contribution < 1.29 is 9.50 Å². The van der Waals surface area contributed by atoms with Gasteiger partial charge in [0.1, 0.15) is 0 Å². The van der Waals surface area contributed by atoms with E-state index in [1.54, 1.807) is 12.1 Å². The van der Waals surface area contributed by atoms with Gasteiger partial charge >= 0.3 is 0 Å². The number of nitrogens with one attached hydrogen (secondary N) is 1. The molecule has 0 saturated carbocycles. The normalized spacial score (nSPS) is 18.2. The second kappa shape index (κ2) is 6.17. The third-order valence-corrected chi connectivity index (χ3v) is 3.51. The second-order valence-electron chi connectivity index (χ2n) is 5.14. The number of halogens is 1. The summed E-state index contributed by atoms with van der Waals surface area (Å²) in [5, 5.41) is 13.3. The average molecular weight is 264 g/mol. The Labute approximate surface area is 113 Å². The van der Waals surface area contributed by atoms with Gasteiger partial charge in [0, 0.05) is 37.8 Å². The van der Waals surface area contributed by atoms with Gasteiger partial charge in [-0.05, 0) is 19.4 Å². The van der Waals surface area contributed by atoms with Crippen LogP contribution in [0, 0.1) is 5.82 Å². The number of nitrogens with zero attached hydrogens (tertiary/aromatic N) is 1. The van der Waals surface area contributed by atoms with Crippen molar-refractivity contribution >= 4 is 0 Å². The third kappa shape index (κ3) is 3.33. The number of rotatable bonds is 4. The first-order valence-corrected chi connectivity index (χ1v) is 6.66. The second-order valence-corrected chi connectivity index (χ2v) is 5.14. The average Bonchev–Trinajstić information content (AvgIpc) is 2.40. The first kappa shape index (κ1) is 14.0. The van der Waals surface area contributed by atoms with Crippen molar-refractivity contribution in [1.29, 1.82) is 0 Å². The molecule has 0 spiro atoms. The molecule has 1 aromatic rings. The van der Waals surface area contributed by atoms with Gasteiger partial charge in [0.15, 0.2) is 11.6 Å². The van der Waals surface area contributed by atoms with E-state index in [0.29, 0.717) is 5.56 Å². The van der Waals surface area contributed by atoms with Crippen molar-refractivity contribution in [1.82, 2.24) is 10.2 Å². The number of benzene rings is 1. The lowest BCUT2D eigenvalue weighted by molar-refractivity contribution is 0.169. The van der Waals surface area contributed by atoms with Crippen LogP contribution in [-0.4, -0.2) is 36.2 Å². The highest BCUT2D eigenvalue weighted by molar-refractivity contribution is 5.36. The summed E-state index contributed by atoms with van der Waals surface area (Å²) < 4.78 is 13.5. The minimum Gasteiger partial charge on any atom is -0.505 e. The Morgan fingerprint density at radius 3 is 2.79 bits per heavy atom. The lowest BCUT2D eigenvalue weighted by Crippen LogP contribution is -2.45. The van der Waals surface area contributed by atoms with E-state index >= 15 is 0 Å². The molecule has 4 heteroatoms. The largest absolute Gasteiger partial charge is 0.505 e. The maximum Gasteiger partial charge on any atom is 0.165 e. The molecule has 0 amide bonds. The maximum atomic E-state index is 13.5. The Morgan fingerprint density at radius 2 is 2.16 bits per heavy atom. The summed E-state index contributed by atoms with van der Waals surface area (Å²) in [4.78, 5) is 2.28. The monoisotopic (exact) mass is 264 g/mol. The van der Waals surface area contributed by atoms with Gasteiger partial charge in [-0.1, -0.05) is 17.7 Å². The van der Waals surface area contributed by atoms with Gasteiger partial charge in [-0.3, -0.25) is 4.90 Å². The van der Waals surface area contributed by atoms with Gasteiger partial charge in [0.25, 0.3) is 0 Å². The van der Waals surface area contributed by atoms with Gasteiger partial charge in [-0.25, -0.2) is 4.39 Å². The quantitative estimate of drug-likeness (QED) is 0.820. The molecule has 1 aliphatic heterocycles. The predicted octanol–water partition coefficient (Wildman–Crippen LogP) is 2.44. The zero-order valence-electron chi connectivity index (χ0n) is 11.3. The van der Waals surface area contributed by atoms with Crippen LogP contribution in [0.25, 0.3) is 0 Å². The van der Waals surface area contributed by atoms with Crippen LogP contribution in [0.1, 0.15) is 24.9 Å². The molecule has 1 heterocycles. The van der Waals surface area contributed by atoms with Crippen molar-refractivity contribution in [2.24, 2.45) is 0 Å². The molecule has 1 atom stereocenters. The summed E-state index contributed by atoms with van der Waals surface area (Å²) in [5.41, 5.74) is 1.69. The van der Waals surface area contributed by atoms with Crippen LogP contribution in [0.3, 0.4) is 0 Å². The van der Waals surface area contributed by atoms with E-state index in [1.165, 1.54) is 6.07 Å². The molecule has 2 rings (SSSR count).